The zero-order valence-corrected chi connectivity index (χ0v) is 26.9. The lowest BCUT2D eigenvalue weighted by atomic mass is 10.0. The Bertz CT molecular complexity index is 2150. The van der Waals surface area contributed by atoms with Gasteiger partial charge in [0.25, 0.3) is 5.82 Å². The predicted octanol–water partition coefficient (Wildman–Crippen LogP) is 9.27. The third-order valence-corrected chi connectivity index (χ3v) is 6.70. The van der Waals surface area contributed by atoms with Gasteiger partial charge >= 0.3 is 24.6 Å². The molecule has 4 aromatic heterocycles. The number of nitrogens with zero attached hydrogens (tertiary/aromatic N) is 8. The second kappa shape index (κ2) is 14.1. The van der Waals surface area contributed by atoms with E-state index in [4.69, 9.17) is 0 Å². The fraction of sp³-hybridized carbons (Fsp3) is 0.290. The van der Waals surface area contributed by atoms with Crippen molar-refractivity contribution in [1.29, 1.82) is 0 Å². The largest absolute Gasteiger partial charge is 0.573 e. The van der Waals surface area contributed by atoms with Crippen molar-refractivity contribution in [2.45, 2.75) is 59.3 Å². The van der Waals surface area contributed by atoms with Crippen LogP contribution in [0.5, 0.6) is 5.75 Å². The van der Waals surface area contributed by atoms with Gasteiger partial charge in [-0.15, -0.1) is 33.6 Å². The molecular weight excluding hydrogens is 709 g/mol. The summed E-state index contributed by atoms with van der Waals surface area (Å²) in [6.07, 6.45) is -14.0. The molecule has 0 aliphatic rings. The molecule has 0 saturated heterocycles. The van der Waals surface area contributed by atoms with E-state index in [2.05, 4.69) is 35.3 Å². The smallest absolute Gasteiger partial charge is 0.406 e. The molecular formula is C31H25F11N8O. The lowest BCUT2D eigenvalue weighted by molar-refractivity contribution is -0.274. The van der Waals surface area contributed by atoms with Crippen molar-refractivity contribution in [2.75, 3.05) is 0 Å². The summed E-state index contributed by atoms with van der Waals surface area (Å²) in [4.78, 5) is 0. The van der Waals surface area contributed by atoms with Crippen LogP contribution < -0.4 is 4.74 Å². The minimum absolute atomic E-state index is 0.107. The molecule has 0 radical (unpaired) electrons. The van der Waals surface area contributed by atoms with Gasteiger partial charge < -0.3 is 4.74 Å². The highest BCUT2D eigenvalue weighted by Crippen LogP contribution is 2.34. The monoisotopic (exact) mass is 734 g/mol. The van der Waals surface area contributed by atoms with E-state index in [1.165, 1.54) is 56.3 Å². The molecule has 2 aromatic carbocycles. The number of hydrogen-bond donors (Lipinski definition) is 0. The molecule has 0 aliphatic carbocycles. The van der Waals surface area contributed by atoms with Gasteiger partial charge in [-0.2, -0.15) is 54.4 Å². The highest BCUT2D eigenvalue weighted by Gasteiger charge is 2.38. The van der Waals surface area contributed by atoms with E-state index in [9.17, 15) is 48.3 Å². The first-order chi connectivity index (χ1) is 23.6. The molecule has 272 valence electrons. The Labute approximate surface area is 280 Å². The maximum Gasteiger partial charge on any atom is 0.573 e. The summed E-state index contributed by atoms with van der Waals surface area (Å²) < 4.78 is 146. The number of hydrogen-bond acceptors (Lipinski definition) is 7. The molecule has 0 unspecified atom stereocenters. The molecule has 0 N–H and O–H groups in total. The molecule has 0 bridgehead atoms. The number of aryl methyl sites for hydroxylation is 2. The van der Waals surface area contributed by atoms with Gasteiger partial charge in [0, 0.05) is 18.1 Å². The van der Waals surface area contributed by atoms with Crippen molar-refractivity contribution in [3.8, 4) is 28.3 Å². The normalized spacial score (nSPS) is 12.3. The Kier molecular flexibility index (Phi) is 10.6. The fourth-order valence-corrected chi connectivity index (χ4v) is 4.50. The molecule has 0 saturated carbocycles. The Morgan fingerprint density at radius 3 is 1.63 bits per heavy atom. The fourth-order valence-electron chi connectivity index (χ4n) is 4.50. The summed E-state index contributed by atoms with van der Waals surface area (Å²) in [7, 11) is 0. The van der Waals surface area contributed by atoms with E-state index in [0.29, 0.717) is 28.1 Å². The molecule has 6 rings (SSSR count). The number of fused-ring (bicyclic) bond motifs is 2. The van der Waals surface area contributed by atoms with Crippen molar-refractivity contribution in [3.05, 3.63) is 89.0 Å². The molecule has 0 atom stereocenters. The molecule has 9 nitrogen and oxygen atoms in total. The van der Waals surface area contributed by atoms with Crippen LogP contribution in [0.25, 0.3) is 33.8 Å². The maximum absolute atomic E-state index is 13.5. The van der Waals surface area contributed by atoms with Crippen LogP contribution in [0.1, 0.15) is 49.1 Å². The number of rotatable bonds is 4. The summed E-state index contributed by atoms with van der Waals surface area (Å²) in [5.74, 6) is -5.58. The molecule has 51 heavy (non-hydrogen) atoms. The number of aromatic nitrogens is 8. The molecule has 20 heteroatoms. The zero-order valence-electron chi connectivity index (χ0n) is 26.9. The Balaban J connectivity index is 0.000000218. The van der Waals surface area contributed by atoms with Crippen molar-refractivity contribution in [2.24, 2.45) is 0 Å². The molecule has 0 amide bonds. The van der Waals surface area contributed by atoms with Crippen molar-refractivity contribution >= 4 is 11.3 Å². The average Bonchev–Trinajstić information content (AvgIpc) is 3.66. The van der Waals surface area contributed by atoms with E-state index in [1.807, 2.05) is 13.8 Å². The van der Waals surface area contributed by atoms with Crippen LogP contribution in [-0.4, -0.2) is 46.0 Å². The number of alkyl halides is 11. The first-order valence-corrected chi connectivity index (χ1v) is 14.6. The van der Waals surface area contributed by atoms with Crippen molar-refractivity contribution in [1.82, 2.24) is 39.6 Å². The molecule has 0 fully saturated rings. The van der Waals surface area contributed by atoms with Gasteiger partial charge in [0.05, 0.1) is 17.0 Å². The summed E-state index contributed by atoms with van der Waals surface area (Å²) in [6, 6.07) is 12.4. The van der Waals surface area contributed by atoms with Gasteiger partial charge in [-0.05, 0) is 79.6 Å². The quantitative estimate of drug-likeness (QED) is 0.167. The van der Waals surface area contributed by atoms with Crippen molar-refractivity contribution in [3.63, 3.8) is 0 Å². The summed E-state index contributed by atoms with van der Waals surface area (Å²) >= 11 is 0. The van der Waals surface area contributed by atoms with E-state index in [1.54, 1.807) is 0 Å². The highest BCUT2D eigenvalue weighted by atomic mass is 19.4. The van der Waals surface area contributed by atoms with E-state index >= 15 is 0 Å². The molecule has 0 aliphatic heterocycles. The predicted molar refractivity (Wildman–Crippen MR) is 160 cm³/mol. The van der Waals surface area contributed by atoms with Gasteiger partial charge in [-0.1, -0.05) is 19.9 Å². The summed E-state index contributed by atoms with van der Waals surface area (Å²) in [6.45, 7) is 7.54. The minimum atomic E-state index is -4.84. The van der Waals surface area contributed by atoms with E-state index in [-0.39, 0.29) is 28.2 Å². The molecule has 0 spiro atoms. The topological polar surface area (TPSA) is 95.4 Å². The standard InChI is InChI=1S/C15H11F5N4.C14H8F6N4O.C2H6/c1-8-7-9(15(18,19)20)3-4-10(8)11-5-6-12-21-22-13(14(2,16)17)24(12)23-11;1-7-6-8(2-4-10(7)25-14(18,19)20)9-3-5-11-21-22-12(13(15,16)17)24(11)23-9;1-2/h3-7H,1-2H3;2-6H,1H3;1-2H3. The van der Waals surface area contributed by atoms with Crippen LogP contribution in [-0.2, 0) is 18.3 Å². The number of ether oxygens (including phenoxy) is 1. The maximum atomic E-state index is 13.5. The average molecular weight is 735 g/mol. The molecule has 6 aromatic rings. The zero-order chi connectivity index (χ0) is 38.1. The van der Waals surface area contributed by atoms with E-state index < -0.39 is 47.6 Å². The first kappa shape index (κ1) is 38.4. The van der Waals surface area contributed by atoms with Crippen LogP contribution in [0, 0.1) is 13.8 Å². The third-order valence-electron chi connectivity index (χ3n) is 6.70. The SMILES string of the molecule is CC.Cc1cc(-c2ccc3nnc(C(F)(F)F)n3n2)ccc1OC(F)(F)F.Cc1cc(C(F)(F)F)ccc1-c1ccc2nnc(C(C)(F)F)n2n1. The van der Waals surface area contributed by atoms with Crippen LogP contribution >= 0.6 is 0 Å². The summed E-state index contributed by atoms with van der Waals surface area (Å²) in [5, 5.41) is 21.3. The lowest BCUT2D eigenvalue weighted by Gasteiger charge is -2.12. The number of benzene rings is 2. The highest BCUT2D eigenvalue weighted by molar-refractivity contribution is 5.65. The number of halogens is 11. The van der Waals surface area contributed by atoms with Gasteiger partial charge in [-0.25, -0.2) is 0 Å². The van der Waals surface area contributed by atoms with Gasteiger partial charge in [0.2, 0.25) is 5.82 Å². The van der Waals surface area contributed by atoms with E-state index in [0.717, 1.165) is 22.7 Å². The Morgan fingerprint density at radius 2 is 1.12 bits per heavy atom. The summed E-state index contributed by atoms with van der Waals surface area (Å²) in [5.41, 5.74) is 0.795. The van der Waals surface area contributed by atoms with Crippen molar-refractivity contribution < 1.29 is 53.0 Å². The van der Waals surface area contributed by atoms with Crippen LogP contribution in [0.4, 0.5) is 48.3 Å². The Morgan fingerprint density at radius 1 is 0.569 bits per heavy atom. The second-order valence-electron chi connectivity index (χ2n) is 10.5. The van der Waals surface area contributed by atoms with Crippen LogP contribution in [0.3, 0.4) is 0 Å². The van der Waals surface area contributed by atoms with Gasteiger partial charge in [0.15, 0.2) is 11.3 Å². The lowest BCUT2D eigenvalue weighted by Crippen LogP contribution is -2.17. The second-order valence-corrected chi connectivity index (χ2v) is 10.5. The van der Waals surface area contributed by atoms with Gasteiger partial charge in [0.1, 0.15) is 5.75 Å². The minimum Gasteiger partial charge on any atom is -0.406 e. The van der Waals surface area contributed by atoms with Crippen LogP contribution in [0.2, 0.25) is 0 Å². The van der Waals surface area contributed by atoms with Gasteiger partial charge in [-0.3, -0.25) is 0 Å². The van der Waals surface area contributed by atoms with Crippen LogP contribution in [0.15, 0.2) is 60.7 Å². The molecule has 4 heterocycles. The third kappa shape index (κ3) is 8.84. The Hall–Kier alpha value is -5.43. The first-order valence-electron chi connectivity index (χ1n) is 14.6.